The first-order valence-electron chi connectivity index (χ1n) is 5.79. The predicted molar refractivity (Wildman–Crippen MR) is 77.1 cm³/mol. The molecule has 0 aromatic heterocycles. The Morgan fingerprint density at radius 3 is 2.74 bits per heavy atom. The summed E-state index contributed by atoms with van der Waals surface area (Å²) in [6.07, 6.45) is 4.45. The Kier molecular flexibility index (Phi) is 6.97. The van der Waals surface area contributed by atoms with E-state index in [1.165, 1.54) is 12.1 Å². The fourth-order valence-electron chi connectivity index (χ4n) is 1.45. The first-order chi connectivity index (χ1) is 9.15. The average molecular weight is 280 g/mol. The van der Waals surface area contributed by atoms with E-state index in [2.05, 4.69) is 11.2 Å². The lowest BCUT2D eigenvalue weighted by Crippen LogP contribution is -2.23. The average Bonchev–Trinajstić information content (AvgIpc) is 2.42. The molecule has 6 heteroatoms. The Labute approximate surface area is 116 Å². The van der Waals surface area contributed by atoms with Gasteiger partial charge in [0.05, 0.1) is 16.8 Å². The molecule has 0 aliphatic rings. The molecule has 0 fully saturated rings. The summed E-state index contributed by atoms with van der Waals surface area (Å²) in [4.78, 5) is 10.0. The second kappa shape index (κ2) is 8.53. The molecule has 1 aromatic rings. The molecule has 2 N–H and O–H groups in total. The van der Waals surface area contributed by atoms with Crippen LogP contribution < -0.4 is 5.32 Å². The van der Waals surface area contributed by atoms with Gasteiger partial charge in [-0.05, 0) is 17.7 Å². The Balaban J connectivity index is 2.31. The van der Waals surface area contributed by atoms with Crippen LogP contribution in [0.1, 0.15) is 11.7 Å². The lowest BCUT2D eigenvalue weighted by atomic mass is 10.1. The Morgan fingerprint density at radius 2 is 2.16 bits per heavy atom. The maximum atomic E-state index is 10.5. The summed E-state index contributed by atoms with van der Waals surface area (Å²) in [7, 11) is 0. The molecule has 19 heavy (non-hydrogen) atoms. The van der Waals surface area contributed by atoms with Gasteiger partial charge in [-0.15, -0.1) is 18.2 Å². The summed E-state index contributed by atoms with van der Waals surface area (Å²) < 4.78 is 0. The van der Waals surface area contributed by atoms with Crippen molar-refractivity contribution >= 4 is 17.4 Å². The monoisotopic (exact) mass is 280 g/mol. The van der Waals surface area contributed by atoms with Crippen molar-refractivity contribution in [3.63, 3.8) is 0 Å². The summed E-state index contributed by atoms with van der Waals surface area (Å²) in [5, 5.41) is 23.5. The fourth-order valence-corrected chi connectivity index (χ4v) is 2.00. The number of benzene rings is 1. The largest absolute Gasteiger partial charge is 0.387 e. The van der Waals surface area contributed by atoms with Gasteiger partial charge in [0.25, 0.3) is 5.69 Å². The molecule has 1 rings (SSSR count). The van der Waals surface area contributed by atoms with Crippen molar-refractivity contribution in [2.45, 2.75) is 6.10 Å². The van der Waals surface area contributed by atoms with Crippen LogP contribution in [0.3, 0.4) is 0 Å². The Bertz CT molecular complexity index is 442. The first kappa shape index (κ1) is 15.5. The quantitative estimate of drug-likeness (QED) is 0.327. The highest BCUT2D eigenvalue weighted by Crippen LogP contribution is 2.17. The van der Waals surface area contributed by atoms with E-state index in [0.717, 1.165) is 12.3 Å². The van der Waals surface area contributed by atoms with Gasteiger partial charge < -0.3 is 10.4 Å². The number of aliphatic hydroxyl groups excluding tert-OH is 1. The molecule has 0 aliphatic heterocycles. The highest BCUT2D eigenvalue weighted by atomic mass is 32.2. The molecule has 0 heterocycles. The third-order valence-electron chi connectivity index (χ3n) is 2.43. The zero-order chi connectivity index (χ0) is 14.1. The van der Waals surface area contributed by atoms with Crippen LogP contribution in [-0.2, 0) is 0 Å². The summed E-state index contributed by atoms with van der Waals surface area (Å²) >= 11 is 1.65. The zero-order valence-electron chi connectivity index (χ0n) is 10.4. The second-order valence-corrected chi connectivity index (χ2v) is 4.93. The van der Waals surface area contributed by atoms with Gasteiger partial charge in [-0.1, -0.05) is 5.92 Å². The number of nitro groups is 1. The number of nitro benzene ring substituents is 1. The van der Waals surface area contributed by atoms with Gasteiger partial charge in [0, 0.05) is 31.0 Å². The maximum absolute atomic E-state index is 10.5. The molecule has 0 aliphatic carbocycles. The molecule has 1 unspecified atom stereocenters. The number of hydrogen-bond acceptors (Lipinski definition) is 5. The molecular weight excluding hydrogens is 264 g/mol. The van der Waals surface area contributed by atoms with Gasteiger partial charge in [0.2, 0.25) is 0 Å². The van der Waals surface area contributed by atoms with Crippen molar-refractivity contribution in [3.05, 3.63) is 39.9 Å². The SMILES string of the molecule is C#CCSCCNCC(O)c1ccc([N+](=O)[O-])cc1. The number of hydrogen-bond donors (Lipinski definition) is 2. The van der Waals surface area contributed by atoms with Crippen LogP contribution in [0, 0.1) is 22.5 Å². The minimum Gasteiger partial charge on any atom is -0.387 e. The molecular formula is C13H16N2O3S. The molecule has 5 nitrogen and oxygen atoms in total. The molecule has 0 saturated heterocycles. The van der Waals surface area contributed by atoms with Crippen molar-refractivity contribution in [3.8, 4) is 12.3 Å². The van der Waals surface area contributed by atoms with E-state index in [1.54, 1.807) is 23.9 Å². The van der Waals surface area contributed by atoms with Crippen LogP contribution in [0.25, 0.3) is 0 Å². The second-order valence-electron chi connectivity index (χ2n) is 3.83. The Hall–Kier alpha value is -1.55. The summed E-state index contributed by atoms with van der Waals surface area (Å²) in [6, 6.07) is 5.91. The van der Waals surface area contributed by atoms with E-state index in [0.29, 0.717) is 17.9 Å². The van der Waals surface area contributed by atoms with Gasteiger partial charge >= 0.3 is 0 Å². The van der Waals surface area contributed by atoms with Crippen molar-refractivity contribution < 1.29 is 10.0 Å². The number of thioether (sulfide) groups is 1. The lowest BCUT2D eigenvalue weighted by Gasteiger charge is -2.11. The normalized spacial score (nSPS) is 11.8. The lowest BCUT2D eigenvalue weighted by molar-refractivity contribution is -0.384. The summed E-state index contributed by atoms with van der Waals surface area (Å²) in [5.74, 6) is 4.11. The van der Waals surface area contributed by atoms with Crippen LogP contribution in [-0.4, -0.2) is 34.6 Å². The van der Waals surface area contributed by atoms with Gasteiger partial charge in [-0.25, -0.2) is 0 Å². The molecule has 0 amide bonds. The Morgan fingerprint density at radius 1 is 1.47 bits per heavy atom. The van der Waals surface area contributed by atoms with E-state index in [-0.39, 0.29) is 5.69 Å². The van der Waals surface area contributed by atoms with Gasteiger partial charge in [0.15, 0.2) is 0 Å². The number of rotatable bonds is 8. The molecule has 1 atom stereocenters. The predicted octanol–water partition coefficient (Wildman–Crippen LogP) is 1.58. The number of nitrogens with one attached hydrogen (secondary N) is 1. The third-order valence-corrected chi connectivity index (χ3v) is 3.30. The minimum atomic E-state index is -0.668. The molecule has 0 radical (unpaired) electrons. The van der Waals surface area contributed by atoms with E-state index in [4.69, 9.17) is 6.42 Å². The zero-order valence-corrected chi connectivity index (χ0v) is 11.2. The maximum Gasteiger partial charge on any atom is 0.269 e. The number of terminal acetylenes is 1. The molecule has 1 aromatic carbocycles. The smallest absolute Gasteiger partial charge is 0.269 e. The molecule has 0 saturated carbocycles. The van der Waals surface area contributed by atoms with Crippen LogP contribution in [0.2, 0.25) is 0 Å². The fraction of sp³-hybridized carbons (Fsp3) is 0.385. The van der Waals surface area contributed by atoms with Gasteiger partial charge in [-0.3, -0.25) is 10.1 Å². The standard InChI is InChI=1S/C13H16N2O3S/c1-2-8-19-9-7-14-10-13(16)11-3-5-12(6-4-11)15(17)18/h1,3-6,13-14,16H,7-10H2. The van der Waals surface area contributed by atoms with E-state index >= 15 is 0 Å². The van der Waals surface area contributed by atoms with Crippen molar-refractivity contribution in [1.29, 1.82) is 0 Å². The highest BCUT2D eigenvalue weighted by molar-refractivity contribution is 7.99. The van der Waals surface area contributed by atoms with Gasteiger partial charge in [-0.2, -0.15) is 0 Å². The summed E-state index contributed by atoms with van der Waals surface area (Å²) in [6.45, 7) is 1.17. The van der Waals surface area contributed by atoms with E-state index < -0.39 is 11.0 Å². The highest BCUT2D eigenvalue weighted by Gasteiger charge is 2.09. The molecule has 0 bridgehead atoms. The first-order valence-corrected chi connectivity index (χ1v) is 6.95. The van der Waals surface area contributed by atoms with Gasteiger partial charge in [0.1, 0.15) is 0 Å². The van der Waals surface area contributed by atoms with Crippen molar-refractivity contribution in [2.24, 2.45) is 0 Å². The molecule has 0 spiro atoms. The van der Waals surface area contributed by atoms with Crippen LogP contribution in [0.4, 0.5) is 5.69 Å². The van der Waals surface area contributed by atoms with Crippen molar-refractivity contribution in [1.82, 2.24) is 5.32 Å². The minimum absolute atomic E-state index is 0.0228. The van der Waals surface area contributed by atoms with Crippen LogP contribution in [0.15, 0.2) is 24.3 Å². The third kappa shape index (κ3) is 5.75. The van der Waals surface area contributed by atoms with Crippen LogP contribution in [0.5, 0.6) is 0 Å². The van der Waals surface area contributed by atoms with E-state index in [9.17, 15) is 15.2 Å². The number of nitrogens with zero attached hydrogens (tertiary/aromatic N) is 1. The van der Waals surface area contributed by atoms with Crippen LogP contribution >= 0.6 is 11.8 Å². The molecule has 102 valence electrons. The number of aliphatic hydroxyl groups is 1. The number of non-ortho nitro benzene ring substituents is 1. The van der Waals surface area contributed by atoms with Crippen molar-refractivity contribution in [2.75, 3.05) is 24.6 Å². The van der Waals surface area contributed by atoms with E-state index in [1.807, 2.05) is 0 Å². The summed E-state index contributed by atoms with van der Waals surface area (Å²) in [5.41, 5.74) is 0.684. The topological polar surface area (TPSA) is 75.4 Å².